The SMILES string of the molecule is CN(C)c1ccc(NC(=O)c2ccncc2F)cn1. The monoisotopic (exact) mass is 260 g/mol. The molecule has 1 N–H and O–H groups in total. The smallest absolute Gasteiger partial charge is 0.258 e. The Kier molecular flexibility index (Phi) is 3.70. The van der Waals surface area contributed by atoms with Crippen molar-refractivity contribution in [3.8, 4) is 0 Å². The van der Waals surface area contributed by atoms with Crippen LogP contribution in [-0.4, -0.2) is 30.0 Å². The number of anilines is 2. The Morgan fingerprint density at radius 2 is 2.05 bits per heavy atom. The molecule has 0 bridgehead atoms. The van der Waals surface area contributed by atoms with Gasteiger partial charge in [-0.15, -0.1) is 0 Å². The van der Waals surface area contributed by atoms with Crippen molar-refractivity contribution in [2.24, 2.45) is 0 Å². The van der Waals surface area contributed by atoms with E-state index in [-0.39, 0.29) is 5.56 Å². The van der Waals surface area contributed by atoms with E-state index >= 15 is 0 Å². The van der Waals surface area contributed by atoms with Crippen molar-refractivity contribution in [2.75, 3.05) is 24.3 Å². The van der Waals surface area contributed by atoms with Gasteiger partial charge in [0.2, 0.25) is 0 Å². The fraction of sp³-hybridized carbons (Fsp3) is 0.154. The molecule has 98 valence electrons. The van der Waals surface area contributed by atoms with E-state index in [1.807, 2.05) is 19.0 Å². The van der Waals surface area contributed by atoms with E-state index in [0.29, 0.717) is 5.69 Å². The number of carbonyl (C=O) groups is 1. The van der Waals surface area contributed by atoms with Crippen molar-refractivity contribution in [3.63, 3.8) is 0 Å². The summed E-state index contributed by atoms with van der Waals surface area (Å²) < 4.78 is 13.4. The predicted molar refractivity (Wildman–Crippen MR) is 70.7 cm³/mol. The summed E-state index contributed by atoms with van der Waals surface area (Å²) in [6, 6.07) is 4.80. The van der Waals surface area contributed by atoms with Crippen molar-refractivity contribution < 1.29 is 9.18 Å². The van der Waals surface area contributed by atoms with Crippen molar-refractivity contribution in [3.05, 3.63) is 48.2 Å². The summed E-state index contributed by atoms with van der Waals surface area (Å²) in [5, 5.41) is 2.58. The van der Waals surface area contributed by atoms with Crippen LogP contribution in [0.1, 0.15) is 10.4 Å². The minimum atomic E-state index is -0.655. The van der Waals surface area contributed by atoms with Gasteiger partial charge in [0.25, 0.3) is 5.91 Å². The molecule has 0 saturated heterocycles. The predicted octanol–water partition coefficient (Wildman–Crippen LogP) is 1.93. The van der Waals surface area contributed by atoms with Crippen LogP contribution in [0.5, 0.6) is 0 Å². The van der Waals surface area contributed by atoms with E-state index in [1.54, 1.807) is 12.1 Å². The maximum absolute atomic E-state index is 13.4. The quantitative estimate of drug-likeness (QED) is 0.916. The molecule has 2 rings (SSSR count). The number of hydrogen-bond donors (Lipinski definition) is 1. The Balaban J connectivity index is 2.13. The highest BCUT2D eigenvalue weighted by atomic mass is 19.1. The fourth-order valence-corrected chi connectivity index (χ4v) is 1.48. The third-order valence-corrected chi connectivity index (χ3v) is 2.48. The number of nitrogens with one attached hydrogen (secondary N) is 1. The van der Waals surface area contributed by atoms with E-state index in [0.717, 1.165) is 12.0 Å². The first-order valence-corrected chi connectivity index (χ1v) is 5.62. The second-order valence-corrected chi connectivity index (χ2v) is 4.11. The molecule has 0 saturated carbocycles. The molecule has 6 heteroatoms. The van der Waals surface area contributed by atoms with E-state index < -0.39 is 11.7 Å². The molecule has 0 atom stereocenters. The summed E-state index contributed by atoms with van der Waals surface area (Å²) in [5.74, 6) is -0.412. The zero-order valence-electron chi connectivity index (χ0n) is 10.6. The molecule has 5 nitrogen and oxygen atoms in total. The average Bonchev–Trinajstić information content (AvgIpc) is 2.39. The summed E-state index contributed by atoms with van der Waals surface area (Å²) in [6.45, 7) is 0. The first-order chi connectivity index (χ1) is 9.08. The number of amides is 1. The number of aromatic nitrogens is 2. The molecule has 2 aromatic heterocycles. The minimum absolute atomic E-state index is 0.0494. The standard InChI is InChI=1S/C13H13FN4O/c1-18(2)12-4-3-9(7-16-12)17-13(19)10-5-6-15-8-11(10)14/h3-8H,1-2H3,(H,17,19). The van der Waals surface area contributed by atoms with Crippen LogP contribution >= 0.6 is 0 Å². The molecular formula is C13H13FN4O. The van der Waals surface area contributed by atoms with Gasteiger partial charge < -0.3 is 10.2 Å². The number of pyridine rings is 2. The third-order valence-electron chi connectivity index (χ3n) is 2.48. The summed E-state index contributed by atoms with van der Waals surface area (Å²) in [5.41, 5.74) is 0.457. The van der Waals surface area contributed by atoms with Crippen molar-refractivity contribution in [1.29, 1.82) is 0 Å². The van der Waals surface area contributed by atoms with Crippen molar-refractivity contribution >= 4 is 17.4 Å². The molecule has 1 amide bonds. The van der Waals surface area contributed by atoms with Crippen molar-refractivity contribution in [2.45, 2.75) is 0 Å². The third kappa shape index (κ3) is 3.04. The van der Waals surface area contributed by atoms with Gasteiger partial charge in [-0.25, -0.2) is 9.37 Å². The number of halogens is 1. The molecule has 0 radical (unpaired) electrons. The van der Waals surface area contributed by atoms with Crippen LogP contribution in [-0.2, 0) is 0 Å². The van der Waals surface area contributed by atoms with Gasteiger partial charge in [0.15, 0.2) is 5.82 Å². The molecule has 0 aliphatic rings. The van der Waals surface area contributed by atoms with Crippen LogP contribution in [0.3, 0.4) is 0 Å². The molecule has 0 aromatic carbocycles. The van der Waals surface area contributed by atoms with Crippen LogP contribution in [0.4, 0.5) is 15.9 Å². The second-order valence-electron chi connectivity index (χ2n) is 4.11. The molecular weight excluding hydrogens is 247 g/mol. The zero-order chi connectivity index (χ0) is 13.8. The number of hydrogen-bond acceptors (Lipinski definition) is 4. The average molecular weight is 260 g/mol. The van der Waals surface area contributed by atoms with Gasteiger partial charge in [0.05, 0.1) is 23.6 Å². The summed E-state index contributed by atoms with van der Waals surface area (Å²) in [6.07, 6.45) is 3.89. The summed E-state index contributed by atoms with van der Waals surface area (Å²) in [7, 11) is 3.74. The van der Waals surface area contributed by atoms with Crippen LogP contribution in [0.25, 0.3) is 0 Å². The molecule has 0 aliphatic heterocycles. The maximum Gasteiger partial charge on any atom is 0.258 e. The van der Waals surface area contributed by atoms with Gasteiger partial charge in [0, 0.05) is 20.3 Å². The normalized spacial score (nSPS) is 10.1. The van der Waals surface area contributed by atoms with Crippen molar-refractivity contribution in [1.82, 2.24) is 9.97 Å². The Morgan fingerprint density at radius 3 is 2.63 bits per heavy atom. The lowest BCUT2D eigenvalue weighted by Gasteiger charge is -2.11. The molecule has 0 spiro atoms. The fourth-order valence-electron chi connectivity index (χ4n) is 1.48. The molecule has 2 heterocycles. The van der Waals surface area contributed by atoms with E-state index in [2.05, 4.69) is 15.3 Å². The number of carbonyl (C=O) groups excluding carboxylic acids is 1. The van der Waals surface area contributed by atoms with Gasteiger partial charge in [-0.1, -0.05) is 0 Å². The van der Waals surface area contributed by atoms with Gasteiger partial charge in [-0.2, -0.15) is 0 Å². The lowest BCUT2D eigenvalue weighted by molar-refractivity contribution is 0.102. The maximum atomic E-state index is 13.4. The Labute approximate surface area is 110 Å². The topological polar surface area (TPSA) is 58.1 Å². The Bertz CT molecular complexity index is 583. The van der Waals surface area contributed by atoms with Crippen LogP contribution in [0, 0.1) is 5.82 Å². The second kappa shape index (κ2) is 5.43. The van der Waals surface area contributed by atoms with E-state index in [9.17, 15) is 9.18 Å². The molecule has 0 aliphatic carbocycles. The Hall–Kier alpha value is -2.50. The first-order valence-electron chi connectivity index (χ1n) is 5.62. The highest BCUT2D eigenvalue weighted by Crippen LogP contribution is 2.13. The number of nitrogens with zero attached hydrogens (tertiary/aromatic N) is 3. The highest BCUT2D eigenvalue weighted by Gasteiger charge is 2.11. The van der Waals surface area contributed by atoms with Crippen LogP contribution in [0.15, 0.2) is 36.8 Å². The molecule has 19 heavy (non-hydrogen) atoms. The first kappa shape index (κ1) is 12.9. The lowest BCUT2D eigenvalue weighted by atomic mass is 10.2. The van der Waals surface area contributed by atoms with Gasteiger partial charge in [-0.05, 0) is 18.2 Å². The molecule has 2 aromatic rings. The van der Waals surface area contributed by atoms with E-state index in [4.69, 9.17) is 0 Å². The van der Waals surface area contributed by atoms with Gasteiger partial charge in [-0.3, -0.25) is 9.78 Å². The largest absolute Gasteiger partial charge is 0.363 e. The minimum Gasteiger partial charge on any atom is -0.363 e. The van der Waals surface area contributed by atoms with Gasteiger partial charge >= 0.3 is 0 Å². The van der Waals surface area contributed by atoms with E-state index in [1.165, 1.54) is 18.5 Å². The molecule has 0 unspecified atom stereocenters. The van der Waals surface area contributed by atoms with Crippen LogP contribution < -0.4 is 10.2 Å². The zero-order valence-corrected chi connectivity index (χ0v) is 10.6. The summed E-state index contributed by atoms with van der Waals surface area (Å²) >= 11 is 0. The Morgan fingerprint density at radius 1 is 1.26 bits per heavy atom. The highest BCUT2D eigenvalue weighted by molar-refractivity contribution is 6.04. The lowest BCUT2D eigenvalue weighted by Crippen LogP contribution is -2.15. The van der Waals surface area contributed by atoms with Crippen LogP contribution in [0.2, 0.25) is 0 Å². The summed E-state index contributed by atoms with van der Waals surface area (Å²) in [4.78, 5) is 21.4. The van der Waals surface area contributed by atoms with Gasteiger partial charge in [0.1, 0.15) is 5.82 Å². The molecule has 0 fully saturated rings. The number of rotatable bonds is 3.